The fourth-order valence-corrected chi connectivity index (χ4v) is 7.48. The molecule has 0 aromatic heterocycles. The summed E-state index contributed by atoms with van der Waals surface area (Å²) in [7, 11) is 0. The minimum Gasteiger partial charge on any atom is -0.461 e. The van der Waals surface area contributed by atoms with Crippen LogP contribution in [0.15, 0.2) is 23.8 Å². The lowest BCUT2D eigenvalue weighted by Crippen LogP contribution is -2.57. The number of hydrogen-bond donors (Lipinski definition) is 2. The van der Waals surface area contributed by atoms with E-state index < -0.39 is 6.10 Å². The van der Waals surface area contributed by atoms with E-state index in [1.807, 2.05) is 6.08 Å². The zero-order valence-electron chi connectivity index (χ0n) is 18.5. The highest BCUT2D eigenvalue weighted by atomic mass is 16.5. The van der Waals surface area contributed by atoms with Crippen LogP contribution in [0.4, 0.5) is 0 Å². The second-order valence-electron chi connectivity index (χ2n) is 10.6. The van der Waals surface area contributed by atoms with Crippen molar-refractivity contribution in [1.29, 1.82) is 0 Å². The summed E-state index contributed by atoms with van der Waals surface area (Å²) in [5.74, 6) is 0.999. The number of aliphatic hydroxyl groups excluding tert-OH is 2. The third-order valence-electron chi connectivity index (χ3n) is 8.77. The molecule has 0 aromatic rings. The Bertz CT molecular complexity index is 770. The highest BCUT2D eigenvalue weighted by Crippen LogP contribution is 2.65. The van der Waals surface area contributed by atoms with Crippen LogP contribution in [0.1, 0.15) is 65.7 Å². The molecule has 3 fully saturated rings. The maximum absolute atomic E-state index is 12.5. The maximum Gasteiger partial charge on any atom is 0.306 e. The fraction of sp³-hybridized carbons (Fsp3) is 0.760. The van der Waals surface area contributed by atoms with Crippen LogP contribution in [-0.2, 0) is 14.3 Å². The maximum atomic E-state index is 12.5. The van der Waals surface area contributed by atoms with Gasteiger partial charge in [-0.25, -0.2) is 0 Å². The predicted octanol–water partition coefficient (Wildman–Crippen LogP) is 3.59. The van der Waals surface area contributed by atoms with E-state index in [-0.39, 0.29) is 47.1 Å². The van der Waals surface area contributed by atoms with Gasteiger partial charge in [0.05, 0.1) is 6.10 Å². The first kappa shape index (κ1) is 21.8. The van der Waals surface area contributed by atoms with Crippen molar-refractivity contribution < 1.29 is 24.5 Å². The van der Waals surface area contributed by atoms with Crippen molar-refractivity contribution in [2.75, 3.05) is 6.61 Å². The Hall–Kier alpha value is -1.46. The smallest absolute Gasteiger partial charge is 0.306 e. The van der Waals surface area contributed by atoms with E-state index >= 15 is 0 Å². The highest BCUT2D eigenvalue weighted by molar-refractivity contribution is 6.01. The largest absolute Gasteiger partial charge is 0.461 e. The third kappa shape index (κ3) is 3.38. The van der Waals surface area contributed by atoms with Crippen molar-refractivity contribution in [3.8, 4) is 0 Å². The molecule has 8 atom stereocenters. The van der Waals surface area contributed by atoms with E-state index in [9.17, 15) is 14.7 Å². The van der Waals surface area contributed by atoms with Gasteiger partial charge in [-0.1, -0.05) is 32.4 Å². The number of rotatable bonds is 5. The Morgan fingerprint density at radius 1 is 1.30 bits per heavy atom. The second-order valence-corrected chi connectivity index (χ2v) is 10.6. The standard InChI is InChI=1S/C25H36O5/c1-15-12-19-18-8-7-16-13-17(27)9-10-24(16,2)22(18)20(28)14-25(19,3)23(15)30-21(29)6-4-5-11-26/h9-10,13,15,18-20,22-23,26,28H,4-8,11-12,14H2,1-3H3. The van der Waals surface area contributed by atoms with Crippen molar-refractivity contribution in [3.05, 3.63) is 23.8 Å². The molecule has 5 heteroatoms. The molecule has 30 heavy (non-hydrogen) atoms. The van der Waals surface area contributed by atoms with Gasteiger partial charge in [0.15, 0.2) is 5.78 Å². The van der Waals surface area contributed by atoms with E-state index in [1.54, 1.807) is 12.2 Å². The lowest BCUT2D eigenvalue weighted by atomic mass is 9.47. The molecule has 0 aliphatic heterocycles. The van der Waals surface area contributed by atoms with Gasteiger partial charge in [-0.2, -0.15) is 0 Å². The Morgan fingerprint density at radius 2 is 2.07 bits per heavy atom. The normalized spacial score (nSPS) is 44.7. The summed E-state index contributed by atoms with van der Waals surface area (Å²) < 4.78 is 6.01. The number of allylic oxidation sites excluding steroid dienone is 4. The number of carbonyl (C=O) groups excluding carboxylic acids is 2. The molecule has 5 nitrogen and oxygen atoms in total. The Balaban J connectivity index is 1.57. The zero-order chi connectivity index (χ0) is 21.7. The zero-order valence-corrected chi connectivity index (χ0v) is 18.5. The Morgan fingerprint density at radius 3 is 2.80 bits per heavy atom. The van der Waals surface area contributed by atoms with Crippen molar-refractivity contribution in [3.63, 3.8) is 0 Å². The molecule has 0 heterocycles. The van der Waals surface area contributed by atoms with Gasteiger partial charge in [-0.15, -0.1) is 0 Å². The van der Waals surface area contributed by atoms with E-state index in [1.165, 1.54) is 0 Å². The number of unbranched alkanes of at least 4 members (excludes halogenated alkanes) is 1. The van der Waals surface area contributed by atoms with Gasteiger partial charge in [0.2, 0.25) is 0 Å². The van der Waals surface area contributed by atoms with Gasteiger partial charge in [0.25, 0.3) is 0 Å². The molecular formula is C25H36O5. The number of fused-ring (bicyclic) bond motifs is 5. The molecule has 4 aliphatic rings. The van der Waals surface area contributed by atoms with Gasteiger partial charge < -0.3 is 14.9 Å². The summed E-state index contributed by atoms with van der Waals surface area (Å²) in [5, 5.41) is 20.3. The van der Waals surface area contributed by atoms with Crippen molar-refractivity contribution in [2.45, 2.75) is 77.9 Å². The van der Waals surface area contributed by atoms with E-state index in [4.69, 9.17) is 9.84 Å². The molecule has 0 radical (unpaired) electrons. The molecule has 0 bridgehead atoms. The first-order valence-electron chi connectivity index (χ1n) is 11.6. The highest BCUT2D eigenvalue weighted by Gasteiger charge is 2.64. The van der Waals surface area contributed by atoms with Crippen molar-refractivity contribution >= 4 is 11.8 Å². The van der Waals surface area contributed by atoms with Crippen LogP contribution in [0.5, 0.6) is 0 Å². The van der Waals surface area contributed by atoms with Crippen LogP contribution in [0, 0.1) is 34.5 Å². The SMILES string of the molecule is CC1CC2C3CCC4=CC(=O)C=CC4(C)C3C(O)CC2(C)C1OC(=O)CCCCO. The summed E-state index contributed by atoms with van der Waals surface area (Å²) >= 11 is 0. The number of ether oxygens (including phenoxy) is 1. The lowest BCUT2D eigenvalue weighted by Gasteiger charge is -2.58. The van der Waals surface area contributed by atoms with E-state index in [2.05, 4.69) is 20.8 Å². The molecule has 4 rings (SSSR count). The van der Waals surface area contributed by atoms with Crippen LogP contribution >= 0.6 is 0 Å². The number of ketones is 1. The Labute approximate surface area is 179 Å². The fourth-order valence-electron chi connectivity index (χ4n) is 7.48. The molecule has 0 saturated heterocycles. The number of esters is 1. The van der Waals surface area contributed by atoms with E-state index in [0.717, 1.165) is 24.8 Å². The van der Waals surface area contributed by atoms with E-state index in [0.29, 0.717) is 37.5 Å². The number of carbonyl (C=O) groups is 2. The topological polar surface area (TPSA) is 83.8 Å². The van der Waals surface area contributed by atoms with Crippen LogP contribution in [0.3, 0.4) is 0 Å². The molecule has 8 unspecified atom stereocenters. The van der Waals surface area contributed by atoms with Crippen molar-refractivity contribution in [2.24, 2.45) is 34.5 Å². The van der Waals surface area contributed by atoms with Crippen molar-refractivity contribution in [1.82, 2.24) is 0 Å². The summed E-state index contributed by atoms with van der Waals surface area (Å²) in [6, 6.07) is 0. The molecule has 2 N–H and O–H groups in total. The molecule has 0 aromatic carbocycles. The molecule has 0 amide bonds. The summed E-state index contributed by atoms with van der Waals surface area (Å²) in [5.41, 5.74) is 0.676. The molecule has 166 valence electrons. The lowest BCUT2D eigenvalue weighted by molar-refractivity contribution is -0.170. The van der Waals surface area contributed by atoms with Crippen LogP contribution in [-0.4, -0.2) is 40.8 Å². The monoisotopic (exact) mass is 416 g/mol. The average molecular weight is 417 g/mol. The second kappa shape index (κ2) is 7.90. The predicted molar refractivity (Wildman–Crippen MR) is 113 cm³/mol. The number of hydrogen-bond acceptors (Lipinski definition) is 5. The quantitative estimate of drug-likeness (QED) is 0.529. The van der Waals surface area contributed by atoms with Gasteiger partial charge in [-0.05, 0) is 68.4 Å². The third-order valence-corrected chi connectivity index (χ3v) is 8.77. The van der Waals surface area contributed by atoms with Gasteiger partial charge in [0, 0.05) is 29.8 Å². The molecule has 4 aliphatic carbocycles. The minimum atomic E-state index is -0.483. The van der Waals surface area contributed by atoms with Gasteiger partial charge >= 0.3 is 5.97 Å². The summed E-state index contributed by atoms with van der Waals surface area (Å²) in [6.45, 7) is 6.66. The number of aliphatic hydroxyl groups is 2. The first-order valence-corrected chi connectivity index (χ1v) is 11.6. The average Bonchev–Trinajstić information content (AvgIpc) is 2.92. The molecule has 3 saturated carbocycles. The van der Waals surface area contributed by atoms with Crippen LogP contribution in [0.2, 0.25) is 0 Å². The minimum absolute atomic E-state index is 0.0544. The summed E-state index contributed by atoms with van der Waals surface area (Å²) in [4.78, 5) is 24.4. The van der Waals surface area contributed by atoms with Crippen LogP contribution in [0.25, 0.3) is 0 Å². The van der Waals surface area contributed by atoms with Gasteiger partial charge in [0.1, 0.15) is 6.10 Å². The molecular weight excluding hydrogens is 380 g/mol. The van der Waals surface area contributed by atoms with Gasteiger partial charge in [-0.3, -0.25) is 9.59 Å². The van der Waals surface area contributed by atoms with Crippen LogP contribution < -0.4 is 0 Å². The summed E-state index contributed by atoms with van der Waals surface area (Å²) in [6.07, 6.45) is 9.93. The first-order chi connectivity index (χ1) is 14.2. The molecule has 0 spiro atoms. The Kier molecular flexibility index (Phi) is 5.73.